The number of likely N-dealkylation sites (N-methyl/N-ethyl adjacent to an activating group) is 1. The van der Waals surface area contributed by atoms with Gasteiger partial charge in [-0.2, -0.15) is 4.52 Å². The highest BCUT2D eigenvalue weighted by molar-refractivity contribution is 7.20. The molecule has 1 N–H and O–H groups in total. The topological polar surface area (TPSA) is 88.8 Å². The quantitative estimate of drug-likeness (QED) is 0.675. The maximum atomic E-state index is 12.4. The van der Waals surface area contributed by atoms with Gasteiger partial charge in [-0.05, 0) is 24.6 Å². The number of methoxy groups -OCH3 is 1. The molecule has 3 aromatic rings. The predicted molar refractivity (Wildman–Crippen MR) is 106 cm³/mol. The first-order valence-electron chi connectivity index (χ1n) is 8.15. The molecular formula is C17H18ClN5O3S. The van der Waals surface area contributed by atoms with Crippen LogP contribution in [0.3, 0.4) is 0 Å². The van der Waals surface area contributed by atoms with Crippen LogP contribution in [0.25, 0.3) is 4.96 Å². The van der Waals surface area contributed by atoms with Gasteiger partial charge in [-0.1, -0.05) is 29.9 Å². The second kappa shape index (κ2) is 7.93. The molecule has 0 aliphatic rings. The molecule has 0 unspecified atom stereocenters. The van der Waals surface area contributed by atoms with Crippen molar-refractivity contribution < 1.29 is 9.53 Å². The van der Waals surface area contributed by atoms with E-state index in [0.717, 1.165) is 0 Å². The summed E-state index contributed by atoms with van der Waals surface area (Å²) < 4.78 is 6.47. The van der Waals surface area contributed by atoms with E-state index in [0.29, 0.717) is 38.7 Å². The second-order valence-electron chi connectivity index (χ2n) is 5.77. The highest BCUT2D eigenvalue weighted by Gasteiger charge is 2.16. The number of nitrogens with zero attached hydrogens (tertiary/aromatic N) is 4. The number of hydrogen-bond donors (Lipinski definition) is 1. The molecule has 0 radical (unpaired) electrons. The number of halogens is 1. The third-order valence-electron chi connectivity index (χ3n) is 3.79. The molecule has 0 saturated carbocycles. The summed E-state index contributed by atoms with van der Waals surface area (Å²) in [6.07, 6.45) is 0.665. The third-order valence-corrected chi connectivity index (χ3v) is 5.05. The Morgan fingerprint density at radius 2 is 2.19 bits per heavy atom. The van der Waals surface area contributed by atoms with Gasteiger partial charge in [0.15, 0.2) is 0 Å². The van der Waals surface area contributed by atoms with Gasteiger partial charge < -0.3 is 15.0 Å². The minimum absolute atomic E-state index is 0.0326. The SMILES string of the molecule is CCc1cc(=O)n2nc(N(C)CC(=O)Nc3cc(Cl)ccc3OC)sc2n1. The lowest BCUT2D eigenvalue weighted by molar-refractivity contribution is -0.114. The van der Waals surface area contributed by atoms with Crippen LogP contribution in [0.4, 0.5) is 10.8 Å². The molecule has 2 aromatic heterocycles. The molecule has 8 nitrogen and oxygen atoms in total. The van der Waals surface area contributed by atoms with E-state index in [-0.39, 0.29) is 18.0 Å². The standard InChI is InChI=1S/C17H18ClN5O3S/c1-4-11-8-15(25)23-16(19-11)27-17(21-23)22(2)9-14(24)20-12-7-10(18)5-6-13(12)26-3/h5-8H,4,9H2,1-3H3,(H,20,24). The zero-order valence-electron chi connectivity index (χ0n) is 15.0. The zero-order valence-corrected chi connectivity index (χ0v) is 16.6. The van der Waals surface area contributed by atoms with E-state index in [4.69, 9.17) is 16.3 Å². The molecule has 1 aromatic carbocycles. The Labute approximate surface area is 164 Å². The number of aryl methyl sites for hydroxylation is 1. The van der Waals surface area contributed by atoms with Gasteiger partial charge in [0, 0.05) is 23.8 Å². The number of fused-ring (bicyclic) bond motifs is 1. The van der Waals surface area contributed by atoms with Gasteiger partial charge in [0.05, 0.1) is 19.3 Å². The van der Waals surface area contributed by atoms with Crippen molar-refractivity contribution in [1.29, 1.82) is 0 Å². The molecule has 1 amide bonds. The van der Waals surface area contributed by atoms with E-state index in [9.17, 15) is 9.59 Å². The number of amides is 1. The van der Waals surface area contributed by atoms with Crippen LogP contribution in [0.2, 0.25) is 5.02 Å². The van der Waals surface area contributed by atoms with Crippen molar-refractivity contribution in [3.8, 4) is 5.75 Å². The zero-order chi connectivity index (χ0) is 19.6. The lowest BCUT2D eigenvalue weighted by Gasteiger charge is -2.16. The number of nitrogens with one attached hydrogen (secondary N) is 1. The Hall–Kier alpha value is -2.65. The van der Waals surface area contributed by atoms with Crippen LogP contribution in [0, 0.1) is 0 Å². The fourth-order valence-corrected chi connectivity index (χ4v) is 3.49. The molecule has 0 saturated heterocycles. The summed E-state index contributed by atoms with van der Waals surface area (Å²) in [4.78, 5) is 31.0. The number of benzene rings is 1. The largest absolute Gasteiger partial charge is 0.495 e. The number of aromatic nitrogens is 3. The molecule has 2 heterocycles. The molecule has 10 heteroatoms. The summed E-state index contributed by atoms with van der Waals surface area (Å²) in [5.41, 5.74) is 0.961. The number of carbonyl (C=O) groups excluding carboxylic acids is 1. The van der Waals surface area contributed by atoms with Crippen LogP contribution in [0.1, 0.15) is 12.6 Å². The number of rotatable bonds is 6. The maximum Gasteiger partial charge on any atom is 0.275 e. The monoisotopic (exact) mass is 407 g/mol. The van der Waals surface area contributed by atoms with Gasteiger partial charge in [-0.3, -0.25) is 9.59 Å². The molecule has 3 rings (SSSR count). The first-order chi connectivity index (χ1) is 12.9. The van der Waals surface area contributed by atoms with Gasteiger partial charge in [-0.15, -0.1) is 5.10 Å². The fraction of sp³-hybridized carbons (Fsp3) is 0.294. The normalized spacial score (nSPS) is 10.8. The van der Waals surface area contributed by atoms with Crippen molar-refractivity contribution in [3.05, 3.63) is 45.3 Å². The summed E-state index contributed by atoms with van der Waals surface area (Å²) in [7, 11) is 3.24. The second-order valence-corrected chi connectivity index (χ2v) is 7.14. The van der Waals surface area contributed by atoms with Crippen molar-refractivity contribution >= 4 is 44.6 Å². The highest BCUT2D eigenvalue weighted by Crippen LogP contribution is 2.28. The van der Waals surface area contributed by atoms with E-state index in [1.165, 1.54) is 29.0 Å². The molecule has 0 bridgehead atoms. The van der Waals surface area contributed by atoms with Crippen molar-refractivity contribution in [2.75, 3.05) is 30.9 Å². The van der Waals surface area contributed by atoms with Crippen molar-refractivity contribution in [2.24, 2.45) is 0 Å². The van der Waals surface area contributed by atoms with Gasteiger partial charge in [0.1, 0.15) is 5.75 Å². The van der Waals surface area contributed by atoms with Gasteiger partial charge in [0.2, 0.25) is 16.0 Å². The molecule has 0 aliphatic carbocycles. The first kappa shape index (κ1) is 19.1. The van der Waals surface area contributed by atoms with Crippen LogP contribution in [0.15, 0.2) is 29.1 Å². The average Bonchev–Trinajstić information content (AvgIpc) is 3.06. The summed E-state index contributed by atoms with van der Waals surface area (Å²) in [6.45, 7) is 1.96. The average molecular weight is 408 g/mol. The van der Waals surface area contributed by atoms with Crippen LogP contribution in [-0.2, 0) is 11.2 Å². The third kappa shape index (κ3) is 4.20. The highest BCUT2D eigenvalue weighted by atomic mass is 35.5. The lowest BCUT2D eigenvalue weighted by atomic mass is 10.3. The Morgan fingerprint density at radius 3 is 2.89 bits per heavy atom. The molecule has 142 valence electrons. The molecule has 27 heavy (non-hydrogen) atoms. The van der Waals surface area contributed by atoms with Gasteiger partial charge >= 0.3 is 0 Å². The summed E-state index contributed by atoms with van der Waals surface area (Å²) in [6, 6.07) is 6.44. The van der Waals surface area contributed by atoms with Gasteiger partial charge in [-0.25, -0.2) is 4.98 Å². The van der Waals surface area contributed by atoms with Crippen molar-refractivity contribution in [3.63, 3.8) is 0 Å². The van der Waals surface area contributed by atoms with E-state index >= 15 is 0 Å². The van der Waals surface area contributed by atoms with Gasteiger partial charge in [0.25, 0.3) is 5.56 Å². The smallest absolute Gasteiger partial charge is 0.275 e. The summed E-state index contributed by atoms with van der Waals surface area (Å²) in [5.74, 6) is 0.241. The van der Waals surface area contributed by atoms with Crippen LogP contribution in [0.5, 0.6) is 5.75 Å². The van der Waals surface area contributed by atoms with Crippen molar-refractivity contribution in [1.82, 2.24) is 14.6 Å². The maximum absolute atomic E-state index is 12.4. The molecule has 0 atom stereocenters. The Bertz CT molecular complexity index is 1050. The molecule has 0 fully saturated rings. The van der Waals surface area contributed by atoms with E-state index in [1.807, 2.05) is 6.92 Å². The summed E-state index contributed by atoms with van der Waals surface area (Å²) in [5, 5.41) is 8.03. The molecule has 0 spiro atoms. The van der Waals surface area contributed by atoms with E-state index in [2.05, 4.69) is 15.4 Å². The number of anilines is 2. The predicted octanol–water partition coefficient (Wildman–Crippen LogP) is 2.45. The summed E-state index contributed by atoms with van der Waals surface area (Å²) >= 11 is 7.23. The molecule has 0 aliphatic heterocycles. The Balaban J connectivity index is 1.77. The minimum Gasteiger partial charge on any atom is -0.495 e. The first-order valence-corrected chi connectivity index (χ1v) is 9.35. The van der Waals surface area contributed by atoms with Crippen LogP contribution >= 0.6 is 22.9 Å². The van der Waals surface area contributed by atoms with Crippen LogP contribution in [-0.4, -0.2) is 41.2 Å². The molecular weight excluding hydrogens is 390 g/mol. The lowest BCUT2D eigenvalue weighted by Crippen LogP contribution is -2.30. The van der Waals surface area contributed by atoms with E-state index in [1.54, 1.807) is 30.1 Å². The number of carbonyl (C=O) groups is 1. The fourth-order valence-electron chi connectivity index (χ4n) is 2.43. The van der Waals surface area contributed by atoms with Crippen LogP contribution < -0.4 is 20.5 Å². The number of ether oxygens (including phenoxy) is 1. The number of hydrogen-bond acceptors (Lipinski definition) is 7. The Morgan fingerprint density at radius 1 is 1.41 bits per heavy atom. The Kier molecular flexibility index (Phi) is 5.62. The van der Waals surface area contributed by atoms with Crippen molar-refractivity contribution in [2.45, 2.75) is 13.3 Å². The minimum atomic E-state index is -0.271. The van der Waals surface area contributed by atoms with E-state index < -0.39 is 0 Å².